The van der Waals surface area contributed by atoms with Gasteiger partial charge in [0.2, 0.25) is 0 Å². The molecule has 13 aromatic rings. The molecule has 4 aromatic heterocycles. The number of hydrogen-bond donors (Lipinski definition) is 0. The second kappa shape index (κ2) is 11.4. The summed E-state index contributed by atoms with van der Waals surface area (Å²) in [5, 5.41) is 11.6. The lowest BCUT2D eigenvalue weighted by atomic mass is 9.95. The van der Waals surface area contributed by atoms with Gasteiger partial charge in [-0.2, -0.15) is 0 Å². The fraction of sp³-hybridized carbons (Fsp3) is 0. The molecule has 0 radical (unpaired) electrons. The first-order chi connectivity index (χ1) is 28.3. The van der Waals surface area contributed by atoms with Gasteiger partial charge in [-0.1, -0.05) is 109 Å². The van der Waals surface area contributed by atoms with E-state index in [1.807, 2.05) is 60.7 Å². The predicted octanol–water partition coefficient (Wildman–Crippen LogP) is 13.5. The lowest BCUT2D eigenvalue weighted by molar-refractivity contribution is 0.668. The molecule has 0 N–H and O–H groups in total. The van der Waals surface area contributed by atoms with Gasteiger partial charge in [0.15, 0.2) is 17.5 Å². The van der Waals surface area contributed by atoms with Crippen LogP contribution in [0.1, 0.15) is 0 Å². The first-order valence-corrected chi connectivity index (χ1v) is 19.1. The van der Waals surface area contributed by atoms with Crippen molar-refractivity contribution in [2.45, 2.75) is 0 Å². The first kappa shape index (κ1) is 30.5. The molecule has 6 nitrogen and oxygen atoms in total. The molecule has 0 aliphatic rings. The lowest BCUT2D eigenvalue weighted by Gasteiger charge is -2.11. The Bertz CT molecular complexity index is 3740. The van der Waals surface area contributed by atoms with E-state index in [0.29, 0.717) is 17.5 Å². The summed E-state index contributed by atoms with van der Waals surface area (Å²) in [6, 6.07) is 59.0. The summed E-state index contributed by atoms with van der Waals surface area (Å²) in [5.41, 5.74) is 9.45. The van der Waals surface area contributed by atoms with Crippen molar-refractivity contribution in [3.05, 3.63) is 170 Å². The molecule has 0 aliphatic heterocycles. The Morgan fingerprint density at radius 1 is 0.316 bits per heavy atom. The van der Waals surface area contributed by atoms with E-state index < -0.39 is 0 Å². The minimum atomic E-state index is 0.594. The number of hydrogen-bond acceptors (Lipinski definition) is 5. The van der Waals surface area contributed by atoms with Crippen LogP contribution in [-0.2, 0) is 0 Å². The average molecular weight is 729 g/mol. The van der Waals surface area contributed by atoms with E-state index in [1.165, 1.54) is 32.3 Å². The van der Waals surface area contributed by atoms with E-state index in [1.54, 1.807) is 0 Å². The van der Waals surface area contributed by atoms with Gasteiger partial charge < -0.3 is 13.4 Å². The van der Waals surface area contributed by atoms with Crippen LogP contribution in [0.3, 0.4) is 0 Å². The van der Waals surface area contributed by atoms with Crippen molar-refractivity contribution in [2.75, 3.05) is 0 Å². The van der Waals surface area contributed by atoms with Crippen LogP contribution in [0.15, 0.2) is 179 Å². The fourth-order valence-electron chi connectivity index (χ4n) is 9.20. The number of fused-ring (bicyclic) bond motifs is 6. The van der Waals surface area contributed by atoms with Crippen molar-refractivity contribution >= 4 is 87.2 Å². The summed E-state index contributed by atoms with van der Waals surface area (Å²) in [5.74, 6) is 1.80. The summed E-state index contributed by atoms with van der Waals surface area (Å²) in [7, 11) is 0. The molecule has 57 heavy (non-hydrogen) atoms. The van der Waals surface area contributed by atoms with Gasteiger partial charge in [-0.05, 0) is 82.2 Å². The first-order valence-electron chi connectivity index (χ1n) is 19.1. The molecular weight excluding hydrogens is 701 g/mol. The average Bonchev–Trinajstić information content (AvgIpc) is 3.96. The Hall–Kier alpha value is -7.83. The number of para-hydroxylation sites is 1. The molecule has 0 spiro atoms. The van der Waals surface area contributed by atoms with Crippen LogP contribution in [0.2, 0.25) is 0 Å². The Morgan fingerprint density at radius 3 is 1.65 bits per heavy atom. The van der Waals surface area contributed by atoms with Gasteiger partial charge in [-0.15, -0.1) is 0 Å². The third-order valence-corrected chi connectivity index (χ3v) is 11.6. The largest absolute Gasteiger partial charge is 0.456 e. The number of aromatic nitrogens is 4. The standard InChI is InChI=1S/C51H28N4O2/c1-2-11-29(12-3-1)49-52-50(54-51(53-49)37-18-10-21-41-44(37)36-15-6-7-20-40(36)56-41)30-23-25-31(26-24-30)55-38-19-8-16-34-32-13-4-5-14-33(32)35-17-9-22-42-46(35)48-43(57-42)28-27-39(55)47(48)45(34)38/h1-28H. The molecule has 0 saturated carbocycles. The summed E-state index contributed by atoms with van der Waals surface area (Å²) in [6.45, 7) is 0. The zero-order valence-electron chi connectivity index (χ0n) is 30.3. The van der Waals surface area contributed by atoms with Crippen LogP contribution < -0.4 is 0 Å². The van der Waals surface area contributed by atoms with E-state index in [-0.39, 0.29) is 0 Å². The second-order valence-corrected chi connectivity index (χ2v) is 14.7. The zero-order valence-corrected chi connectivity index (χ0v) is 30.3. The third kappa shape index (κ3) is 4.26. The highest BCUT2D eigenvalue weighted by Gasteiger charge is 2.23. The van der Waals surface area contributed by atoms with Crippen LogP contribution in [-0.4, -0.2) is 19.5 Å². The van der Waals surface area contributed by atoms with E-state index in [4.69, 9.17) is 23.8 Å². The predicted molar refractivity (Wildman–Crippen MR) is 231 cm³/mol. The van der Waals surface area contributed by atoms with Gasteiger partial charge >= 0.3 is 0 Å². The maximum atomic E-state index is 6.56. The van der Waals surface area contributed by atoms with Gasteiger partial charge in [0.1, 0.15) is 22.3 Å². The molecular formula is C51H28N4O2. The van der Waals surface area contributed by atoms with Crippen LogP contribution in [0, 0.1) is 0 Å². The molecule has 0 fully saturated rings. The highest BCUT2D eigenvalue weighted by molar-refractivity contribution is 6.38. The molecule has 13 rings (SSSR count). The third-order valence-electron chi connectivity index (χ3n) is 11.6. The van der Waals surface area contributed by atoms with Crippen molar-refractivity contribution < 1.29 is 8.83 Å². The molecule has 0 unspecified atom stereocenters. The molecule has 0 saturated heterocycles. The molecule has 0 aliphatic carbocycles. The van der Waals surface area contributed by atoms with Crippen LogP contribution >= 0.6 is 0 Å². The Labute approximate surface area is 324 Å². The van der Waals surface area contributed by atoms with Crippen molar-refractivity contribution in [1.29, 1.82) is 0 Å². The summed E-state index contributed by atoms with van der Waals surface area (Å²) in [4.78, 5) is 15.3. The maximum Gasteiger partial charge on any atom is 0.164 e. The zero-order chi connectivity index (χ0) is 37.2. The van der Waals surface area contributed by atoms with Gasteiger partial charge in [0.05, 0.1) is 11.0 Å². The van der Waals surface area contributed by atoms with Gasteiger partial charge in [0.25, 0.3) is 0 Å². The van der Waals surface area contributed by atoms with E-state index in [2.05, 4.69) is 114 Å². The molecule has 4 heterocycles. The number of nitrogens with zero attached hydrogens (tertiary/aromatic N) is 4. The highest BCUT2D eigenvalue weighted by Crippen LogP contribution is 2.47. The molecule has 9 aromatic carbocycles. The summed E-state index contributed by atoms with van der Waals surface area (Å²) < 4.78 is 15.2. The van der Waals surface area contributed by atoms with Crippen LogP contribution in [0.25, 0.3) is 127 Å². The maximum absolute atomic E-state index is 6.56. The van der Waals surface area contributed by atoms with Gasteiger partial charge in [-0.3, -0.25) is 0 Å². The lowest BCUT2D eigenvalue weighted by Crippen LogP contribution is -2.01. The normalized spacial score (nSPS) is 12.2. The van der Waals surface area contributed by atoms with E-state index >= 15 is 0 Å². The highest BCUT2D eigenvalue weighted by atomic mass is 16.3. The van der Waals surface area contributed by atoms with Gasteiger partial charge in [0, 0.05) is 54.7 Å². The molecule has 0 amide bonds. The van der Waals surface area contributed by atoms with Crippen LogP contribution in [0.5, 0.6) is 0 Å². The minimum Gasteiger partial charge on any atom is -0.456 e. The minimum absolute atomic E-state index is 0.594. The van der Waals surface area contributed by atoms with Crippen molar-refractivity contribution in [3.8, 4) is 39.9 Å². The molecule has 0 atom stereocenters. The summed E-state index contributed by atoms with van der Waals surface area (Å²) in [6.07, 6.45) is 0. The van der Waals surface area contributed by atoms with Gasteiger partial charge in [-0.25, -0.2) is 15.0 Å². The Kier molecular flexibility index (Phi) is 6.07. The van der Waals surface area contributed by atoms with E-state index in [9.17, 15) is 0 Å². The number of benzene rings is 8. The number of rotatable bonds is 4. The molecule has 264 valence electrons. The van der Waals surface area contributed by atoms with E-state index in [0.717, 1.165) is 77.3 Å². The SMILES string of the molecule is c1ccc(-c2nc(-c3ccc(-n4c5cccc6c7ccccc7c7cccc8oc9ccc4c(c9c87)c65)cc3)nc(-c3cccc4oc5ccccc5c34)n2)cc1. The summed E-state index contributed by atoms with van der Waals surface area (Å²) >= 11 is 0. The monoisotopic (exact) mass is 728 g/mol. The van der Waals surface area contributed by atoms with Crippen LogP contribution in [0.4, 0.5) is 0 Å². The van der Waals surface area contributed by atoms with Crippen molar-refractivity contribution in [1.82, 2.24) is 19.5 Å². The molecule has 6 heteroatoms. The fourth-order valence-corrected chi connectivity index (χ4v) is 9.20. The quantitative estimate of drug-likeness (QED) is 0.180. The topological polar surface area (TPSA) is 69.9 Å². The number of furan rings is 2. The van der Waals surface area contributed by atoms with Crippen molar-refractivity contribution in [2.24, 2.45) is 0 Å². The molecule has 0 bridgehead atoms. The van der Waals surface area contributed by atoms with Crippen molar-refractivity contribution in [3.63, 3.8) is 0 Å². The Morgan fingerprint density at radius 2 is 0.860 bits per heavy atom. The Balaban J connectivity index is 1.04. The smallest absolute Gasteiger partial charge is 0.164 e. The second-order valence-electron chi connectivity index (χ2n) is 14.7.